The molecule has 2 nitrogen and oxygen atoms in total. The molecule has 0 aromatic rings. The summed E-state index contributed by atoms with van der Waals surface area (Å²) in [6, 6.07) is 0. The topological polar surface area (TPSA) is 40.5 Å². The molecule has 2 N–H and O–H groups in total. The van der Waals surface area contributed by atoms with Gasteiger partial charge in [-0.2, -0.15) is 0 Å². The smallest absolute Gasteiger partial charge is 0.0605 e. The van der Waals surface area contributed by atoms with E-state index in [1.54, 1.807) is 0 Å². The Kier molecular flexibility index (Phi) is 6.19. The molecule has 0 amide bonds. The summed E-state index contributed by atoms with van der Waals surface area (Å²) in [4.78, 5) is 0. The van der Waals surface area contributed by atoms with E-state index in [1.807, 2.05) is 0 Å². The molecule has 0 spiro atoms. The minimum atomic E-state index is -0.0792. The monoisotopic (exact) mass is 404 g/mol. The summed E-state index contributed by atoms with van der Waals surface area (Å²) in [5.74, 6) is 5.55. The Labute approximate surface area is 180 Å². The van der Waals surface area contributed by atoms with E-state index >= 15 is 0 Å². The maximum Gasteiger partial charge on any atom is 0.0605 e. The highest BCUT2D eigenvalue weighted by Crippen LogP contribution is 2.69. The minimum Gasteiger partial charge on any atom is -0.396 e. The van der Waals surface area contributed by atoms with E-state index in [-0.39, 0.29) is 6.10 Å². The molecule has 4 fully saturated rings. The highest BCUT2D eigenvalue weighted by molar-refractivity contribution is 5.13. The molecule has 4 rings (SSSR count). The van der Waals surface area contributed by atoms with Crippen molar-refractivity contribution in [2.75, 3.05) is 6.61 Å². The Balaban J connectivity index is 1.63. The van der Waals surface area contributed by atoms with Gasteiger partial charge in [0.05, 0.1) is 6.10 Å². The number of rotatable bonds is 5. The lowest BCUT2D eigenvalue weighted by molar-refractivity contribution is -0.198. The van der Waals surface area contributed by atoms with Crippen LogP contribution in [0.5, 0.6) is 0 Å². The molecule has 4 aliphatic carbocycles. The molecule has 0 aromatic heterocycles. The second-order valence-electron chi connectivity index (χ2n) is 12.4. The van der Waals surface area contributed by atoms with Crippen LogP contribution in [-0.4, -0.2) is 22.9 Å². The average molecular weight is 405 g/mol. The first-order chi connectivity index (χ1) is 13.8. The molecule has 0 heterocycles. The SMILES string of the molecule is CC[C@H]1[C@@H](O)[C@@H]2[C@H](CC[C@]3(C)[C@@H]([C@H](C)CCCO)CC[C@@H]23)[C@@]2(C)CC[C@@H](C)C[C@@H]12. The molecule has 0 radical (unpaired) electrons. The van der Waals surface area contributed by atoms with Crippen molar-refractivity contribution >= 4 is 0 Å². The van der Waals surface area contributed by atoms with Crippen LogP contribution in [0.1, 0.15) is 98.8 Å². The zero-order valence-corrected chi connectivity index (χ0v) is 19.9. The van der Waals surface area contributed by atoms with Crippen LogP contribution >= 0.6 is 0 Å². The van der Waals surface area contributed by atoms with Crippen molar-refractivity contribution in [2.24, 2.45) is 58.2 Å². The Bertz CT molecular complexity index is 575. The quantitative estimate of drug-likeness (QED) is 0.565. The standard InChI is InChI=1S/C27H48O2/c1-6-19-23-16-17(2)11-13-27(23,5)22-12-14-26(4)20(18(3)8-7-15-28)9-10-21(26)24(22)25(19)29/h17-25,28-29H,6-16H2,1-5H3/t17-,18-,19-,20-,21+,22+,23+,24+,25-,26-,27-/m1/s1. The van der Waals surface area contributed by atoms with Crippen LogP contribution in [0.4, 0.5) is 0 Å². The fourth-order valence-electron chi connectivity index (χ4n) is 9.77. The van der Waals surface area contributed by atoms with Crippen molar-refractivity contribution in [3.8, 4) is 0 Å². The fourth-order valence-corrected chi connectivity index (χ4v) is 9.77. The van der Waals surface area contributed by atoms with Crippen molar-refractivity contribution in [1.29, 1.82) is 0 Å². The van der Waals surface area contributed by atoms with Gasteiger partial charge >= 0.3 is 0 Å². The van der Waals surface area contributed by atoms with Crippen molar-refractivity contribution in [1.82, 2.24) is 0 Å². The van der Waals surface area contributed by atoms with E-state index in [9.17, 15) is 10.2 Å². The molecule has 4 saturated carbocycles. The molecule has 29 heavy (non-hydrogen) atoms. The highest BCUT2D eigenvalue weighted by atomic mass is 16.3. The van der Waals surface area contributed by atoms with Gasteiger partial charge in [-0.15, -0.1) is 0 Å². The molecule has 0 aromatic carbocycles. The lowest BCUT2D eigenvalue weighted by Crippen LogP contribution is -2.61. The fraction of sp³-hybridized carbons (Fsp3) is 1.00. The molecular formula is C27H48O2. The maximum absolute atomic E-state index is 11.8. The van der Waals surface area contributed by atoms with Gasteiger partial charge in [0.2, 0.25) is 0 Å². The molecule has 168 valence electrons. The van der Waals surface area contributed by atoms with Crippen LogP contribution in [0.3, 0.4) is 0 Å². The second kappa shape index (κ2) is 8.12. The Hall–Kier alpha value is -0.0800. The van der Waals surface area contributed by atoms with Gasteiger partial charge in [0.25, 0.3) is 0 Å². The van der Waals surface area contributed by atoms with Crippen molar-refractivity contribution in [3.63, 3.8) is 0 Å². The van der Waals surface area contributed by atoms with Crippen molar-refractivity contribution in [3.05, 3.63) is 0 Å². The maximum atomic E-state index is 11.8. The van der Waals surface area contributed by atoms with Gasteiger partial charge in [0, 0.05) is 6.61 Å². The van der Waals surface area contributed by atoms with Crippen LogP contribution in [0.15, 0.2) is 0 Å². The lowest BCUT2D eigenvalue weighted by atomic mass is 9.41. The van der Waals surface area contributed by atoms with Gasteiger partial charge in [0.15, 0.2) is 0 Å². The first-order valence-electron chi connectivity index (χ1n) is 13.1. The number of aliphatic hydroxyl groups excluding tert-OH is 2. The van der Waals surface area contributed by atoms with E-state index < -0.39 is 0 Å². The van der Waals surface area contributed by atoms with E-state index in [1.165, 1.54) is 44.9 Å². The number of hydrogen-bond donors (Lipinski definition) is 2. The zero-order valence-electron chi connectivity index (χ0n) is 19.9. The summed E-state index contributed by atoms with van der Waals surface area (Å²) < 4.78 is 0. The van der Waals surface area contributed by atoms with E-state index in [4.69, 9.17) is 0 Å². The van der Waals surface area contributed by atoms with Crippen LogP contribution in [-0.2, 0) is 0 Å². The predicted molar refractivity (Wildman–Crippen MR) is 120 cm³/mol. The molecule has 4 aliphatic rings. The molecule has 2 heteroatoms. The molecule has 11 atom stereocenters. The van der Waals surface area contributed by atoms with Gasteiger partial charge in [-0.3, -0.25) is 0 Å². The average Bonchev–Trinajstić information content (AvgIpc) is 3.05. The largest absolute Gasteiger partial charge is 0.396 e. The summed E-state index contributed by atoms with van der Waals surface area (Å²) in [5.41, 5.74) is 0.861. The summed E-state index contributed by atoms with van der Waals surface area (Å²) in [6.07, 6.45) is 12.7. The summed E-state index contributed by atoms with van der Waals surface area (Å²) >= 11 is 0. The minimum absolute atomic E-state index is 0.0792. The van der Waals surface area contributed by atoms with Crippen LogP contribution in [0, 0.1) is 58.2 Å². The van der Waals surface area contributed by atoms with Gasteiger partial charge in [-0.05, 0) is 110 Å². The van der Waals surface area contributed by atoms with E-state index in [0.29, 0.717) is 41.1 Å². The normalized spacial score (nSPS) is 53.1. The Morgan fingerprint density at radius 3 is 2.34 bits per heavy atom. The molecule has 0 aliphatic heterocycles. The van der Waals surface area contributed by atoms with Crippen molar-refractivity contribution < 1.29 is 10.2 Å². The first kappa shape index (κ1) is 22.1. The molecule has 0 unspecified atom stereocenters. The second-order valence-corrected chi connectivity index (χ2v) is 12.4. The third-order valence-electron chi connectivity index (χ3n) is 11.3. The molecule has 0 bridgehead atoms. The Morgan fingerprint density at radius 1 is 0.966 bits per heavy atom. The summed E-state index contributed by atoms with van der Waals surface area (Å²) in [6.45, 7) is 12.8. The van der Waals surface area contributed by atoms with E-state index in [2.05, 4.69) is 34.6 Å². The first-order valence-corrected chi connectivity index (χ1v) is 13.1. The van der Waals surface area contributed by atoms with Crippen LogP contribution in [0.25, 0.3) is 0 Å². The number of hydrogen-bond acceptors (Lipinski definition) is 2. The Morgan fingerprint density at radius 2 is 1.66 bits per heavy atom. The number of aliphatic hydroxyl groups is 2. The van der Waals surface area contributed by atoms with Gasteiger partial charge < -0.3 is 10.2 Å². The van der Waals surface area contributed by atoms with Gasteiger partial charge in [-0.1, -0.05) is 47.5 Å². The molecule has 0 saturated heterocycles. The van der Waals surface area contributed by atoms with Gasteiger partial charge in [0.1, 0.15) is 0 Å². The van der Waals surface area contributed by atoms with Gasteiger partial charge in [-0.25, -0.2) is 0 Å². The lowest BCUT2D eigenvalue weighted by Gasteiger charge is -2.65. The molecular weight excluding hydrogens is 356 g/mol. The van der Waals surface area contributed by atoms with E-state index in [0.717, 1.165) is 42.9 Å². The highest BCUT2D eigenvalue weighted by Gasteiger charge is 2.64. The third-order valence-corrected chi connectivity index (χ3v) is 11.3. The summed E-state index contributed by atoms with van der Waals surface area (Å²) in [7, 11) is 0. The zero-order chi connectivity index (χ0) is 21.0. The van der Waals surface area contributed by atoms with Crippen LogP contribution in [0.2, 0.25) is 0 Å². The third kappa shape index (κ3) is 3.34. The van der Waals surface area contributed by atoms with Crippen LogP contribution < -0.4 is 0 Å². The summed E-state index contributed by atoms with van der Waals surface area (Å²) in [5, 5.41) is 21.1. The predicted octanol–water partition coefficient (Wildman–Crippen LogP) is 6.30. The van der Waals surface area contributed by atoms with Crippen molar-refractivity contribution in [2.45, 2.75) is 105 Å². The number of fused-ring (bicyclic) bond motifs is 5.